The molecule has 2 heterocycles. The number of halogens is 1. The van der Waals surface area contributed by atoms with Gasteiger partial charge in [0.25, 0.3) is 0 Å². The first-order valence-electron chi connectivity index (χ1n) is 9.63. The molecule has 3 aromatic rings. The Hall–Kier alpha value is -3.09. The van der Waals surface area contributed by atoms with Gasteiger partial charge in [0.15, 0.2) is 11.5 Å². The summed E-state index contributed by atoms with van der Waals surface area (Å²) in [4.78, 5) is 17.2. The first-order valence-corrected chi connectivity index (χ1v) is 9.63. The van der Waals surface area contributed by atoms with E-state index in [1.807, 2.05) is 37.5 Å². The van der Waals surface area contributed by atoms with Crippen LogP contribution in [0.5, 0.6) is 11.5 Å². The molecule has 4 rings (SSSR count). The first-order chi connectivity index (χ1) is 13.8. The van der Waals surface area contributed by atoms with E-state index in [1.165, 1.54) is 6.07 Å². The Bertz CT molecular complexity index is 1070. The topological polar surface area (TPSA) is 65.4 Å². The van der Waals surface area contributed by atoms with Gasteiger partial charge in [-0.05, 0) is 18.6 Å². The molecule has 1 aliphatic heterocycles. The van der Waals surface area contributed by atoms with Gasteiger partial charge in [0.05, 0.1) is 11.0 Å². The molecule has 152 valence electrons. The molecule has 0 saturated carbocycles. The van der Waals surface area contributed by atoms with Crippen LogP contribution in [0.4, 0.5) is 4.39 Å². The summed E-state index contributed by atoms with van der Waals surface area (Å²) >= 11 is 0. The molecule has 0 bridgehead atoms. The van der Waals surface area contributed by atoms with Crippen molar-refractivity contribution in [2.75, 3.05) is 19.8 Å². The summed E-state index contributed by atoms with van der Waals surface area (Å²) in [6.07, 6.45) is 0. The van der Waals surface area contributed by atoms with Crippen molar-refractivity contribution in [3.8, 4) is 11.5 Å². The van der Waals surface area contributed by atoms with E-state index in [9.17, 15) is 9.18 Å². The zero-order valence-corrected chi connectivity index (χ0v) is 16.8. The maximum atomic E-state index is 14.1. The van der Waals surface area contributed by atoms with E-state index >= 15 is 0 Å². The zero-order valence-electron chi connectivity index (χ0n) is 16.8. The Morgan fingerprint density at radius 2 is 1.90 bits per heavy atom. The molecule has 0 spiro atoms. The number of nitrogens with zero attached hydrogens (tertiary/aromatic N) is 2. The monoisotopic (exact) mass is 397 g/mol. The van der Waals surface area contributed by atoms with Gasteiger partial charge in [0.1, 0.15) is 31.4 Å². The van der Waals surface area contributed by atoms with E-state index in [0.29, 0.717) is 36.8 Å². The number of aromatic nitrogens is 2. The highest BCUT2D eigenvalue weighted by molar-refractivity contribution is 5.83. The molecular formula is C22H24FN3O3. The third-order valence-corrected chi connectivity index (χ3v) is 5.24. The fraction of sp³-hybridized carbons (Fsp3) is 0.364. The summed E-state index contributed by atoms with van der Waals surface area (Å²) in [5.74, 6) is 1.63. The maximum absolute atomic E-state index is 14.1. The van der Waals surface area contributed by atoms with Crippen LogP contribution in [-0.2, 0) is 16.8 Å². The van der Waals surface area contributed by atoms with Crippen LogP contribution >= 0.6 is 0 Å². The Balaban J connectivity index is 1.50. The number of ether oxygens (including phenoxy) is 2. The zero-order chi connectivity index (χ0) is 20.6. The molecule has 1 aromatic heterocycles. The molecule has 2 aromatic carbocycles. The van der Waals surface area contributed by atoms with Crippen LogP contribution in [0, 0.1) is 12.7 Å². The molecule has 1 aliphatic rings. The molecule has 0 fully saturated rings. The second-order valence-corrected chi connectivity index (χ2v) is 7.87. The van der Waals surface area contributed by atoms with Crippen molar-refractivity contribution in [1.82, 2.24) is 14.9 Å². The van der Waals surface area contributed by atoms with E-state index in [1.54, 1.807) is 18.2 Å². The predicted octanol–water partition coefficient (Wildman–Crippen LogP) is 3.35. The number of carbonyl (C=O) groups excluding carboxylic acids is 1. The van der Waals surface area contributed by atoms with E-state index in [2.05, 4.69) is 10.3 Å². The largest absolute Gasteiger partial charge is 0.486 e. The molecule has 1 N–H and O–H groups in total. The van der Waals surface area contributed by atoms with Gasteiger partial charge < -0.3 is 19.4 Å². The van der Waals surface area contributed by atoms with E-state index in [0.717, 1.165) is 16.9 Å². The van der Waals surface area contributed by atoms with Gasteiger partial charge in [-0.15, -0.1) is 0 Å². The molecule has 7 heteroatoms. The molecule has 6 nitrogen and oxygen atoms in total. The summed E-state index contributed by atoms with van der Waals surface area (Å²) in [5, 5.41) is 2.93. The number of hydrogen-bond acceptors (Lipinski definition) is 4. The maximum Gasteiger partial charge on any atom is 0.240 e. The van der Waals surface area contributed by atoms with Crippen LogP contribution in [-0.4, -0.2) is 35.2 Å². The van der Waals surface area contributed by atoms with Crippen LogP contribution in [0.1, 0.15) is 25.2 Å². The van der Waals surface area contributed by atoms with Crippen LogP contribution in [0.15, 0.2) is 36.4 Å². The van der Waals surface area contributed by atoms with Crippen molar-refractivity contribution in [2.24, 2.45) is 0 Å². The highest BCUT2D eigenvalue weighted by atomic mass is 19.1. The Labute approximate surface area is 168 Å². The first kappa shape index (κ1) is 19.2. The summed E-state index contributed by atoms with van der Waals surface area (Å²) in [6, 6.07) is 10.4. The summed E-state index contributed by atoms with van der Waals surface area (Å²) in [6.45, 7) is 7.13. The standard InChI is InChI=1S/C22H24FN3O3/c1-14-25-17-10-19-20(29-9-8-28-19)11-18(17)26(14)12-21(27)24-13-22(2,3)15-6-4-5-7-16(15)23/h4-7,10-11H,8-9,12-13H2,1-3H3,(H,24,27). The third kappa shape index (κ3) is 3.77. The molecule has 0 unspecified atom stereocenters. The second-order valence-electron chi connectivity index (χ2n) is 7.87. The number of imidazole rings is 1. The fourth-order valence-electron chi connectivity index (χ4n) is 3.61. The van der Waals surface area contributed by atoms with Crippen LogP contribution in [0.25, 0.3) is 11.0 Å². The van der Waals surface area contributed by atoms with Gasteiger partial charge in [-0.3, -0.25) is 4.79 Å². The number of benzene rings is 2. The number of carbonyl (C=O) groups is 1. The number of nitrogens with one attached hydrogen (secondary N) is 1. The van der Waals surface area contributed by atoms with Crippen LogP contribution in [0.3, 0.4) is 0 Å². The lowest BCUT2D eigenvalue weighted by Crippen LogP contribution is -2.38. The van der Waals surface area contributed by atoms with Crippen molar-refractivity contribution >= 4 is 16.9 Å². The summed E-state index contributed by atoms with van der Waals surface area (Å²) < 4.78 is 27.2. The highest BCUT2D eigenvalue weighted by Gasteiger charge is 2.25. The lowest BCUT2D eigenvalue weighted by Gasteiger charge is -2.26. The quantitative estimate of drug-likeness (QED) is 0.717. The predicted molar refractivity (Wildman–Crippen MR) is 108 cm³/mol. The van der Waals surface area contributed by atoms with Crippen molar-refractivity contribution in [3.05, 3.63) is 53.6 Å². The number of amides is 1. The van der Waals surface area contributed by atoms with Crippen LogP contribution in [0.2, 0.25) is 0 Å². The Kier molecular flexibility index (Phi) is 4.90. The second kappa shape index (κ2) is 7.39. The highest BCUT2D eigenvalue weighted by Crippen LogP contribution is 2.34. The van der Waals surface area contributed by atoms with Crippen molar-refractivity contribution < 1.29 is 18.7 Å². The third-order valence-electron chi connectivity index (χ3n) is 5.24. The minimum Gasteiger partial charge on any atom is -0.486 e. The number of fused-ring (bicyclic) bond motifs is 2. The fourth-order valence-corrected chi connectivity index (χ4v) is 3.61. The SMILES string of the molecule is Cc1nc2cc3c(cc2n1CC(=O)NCC(C)(C)c1ccccc1F)OCCO3. The number of hydrogen-bond donors (Lipinski definition) is 1. The molecule has 1 amide bonds. The van der Waals surface area contributed by atoms with Gasteiger partial charge in [0, 0.05) is 24.1 Å². The van der Waals surface area contributed by atoms with Gasteiger partial charge in [0.2, 0.25) is 5.91 Å². The van der Waals surface area contributed by atoms with E-state index < -0.39 is 5.41 Å². The average Bonchev–Trinajstić information content (AvgIpc) is 2.99. The molecule has 0 aliphatic carbocycles. The summed E-state index contributed by atoms with van der Waals surface area (Å²) in [7, 11) is 0. The summed E-state index contributed by atoms with van der Waals surface area (Å²) in [5.41, 5.74) is 1.62. The average molecular weight is 397 g/mol. The molecule has 29 heavy (non-hydrogen) atoms. The van der Waals surface area contributed by atoms with Crippen molar-refractivity contribution in [2.45, 2.75) is 32.7 Å². The van der Waals surface area contributed by atoms with E-state index in [4.69, 9.17) is 9.47 Å². The molecule has 0 saturated heterocycles. The Morgan fingerprint density at radius 3 is 2.62 bits per heavy atom. The van der Waals surface area contributed by atoms with Crippen molar-refractivity contribution in [3.63, 3.8) is 0 Å². The smallest absolute Gasteiger partial charge is 0.240 e. The normalized spacial score (nSPS) is 13.5. The lowest BCUT2D eigenvalue weighted by atomic mass is 9.84. The lowest BCUT2D eigenvalue weighted by molar-refractivity contribution is -0.121. The van der Waals surface area contributed by atoms with Crippen molar-refractivity contribution in [1.29, 1.82) is 0 Å². The Morgan fingerprint density at radius 1 is 1.21 bits per heavy atom. The minimum absolute atomic E-state index is 0.120. The molecular weight excluding hydrogens is 373 g/mol. The van der Waals surface area contributed by atoms with E-state index in [-0.39, 0.29) is 18.3 Å². The van der Waals surface area contributed by atoms with Gasteiger partial charge in [-0.25, -0.2) is 9.37 Å². The number of rotatable bonds is 5. The number of aryl methyl sites for hydroxylation is 1. The van der Waals surface area contributed by atoms with Gasteiger partial charge in [-0.1, -0.05) is 32.0 Å². The van der Waals surface area contributed by atoms with Crippen LogP contribution < -0.4 is 14.8 Å². The van der Waals surface area contributed by atoms with Gasteiger partial charge in [-0.2, -0.15) is 0 Å². The van der Waals surface area contributed by atoms with Gasteiger partial charge >= 0.3 is 0 Å². The molecule has 0 atom stereocenters. The minimum atomic E-state index is -0.530. The molecule has 0 radical (unpaired) electrons.